The summed E-state index contributed by atoms with van der Waals surface area (Å²) < 4.78 is 26.0. The van der Waals surface area contributed by atoms with Crippen LogP contribution in [0.2, 0.25) is 0 Å². The van der Waals surface area contributed by atoms with Crippen LogP contribution in [-0.4, -0.2) is 13.1 Å². The average Bonchev–Trinajstić information content (AvgIpc) is 2.29. The molecule has 1 atom stereocenters. The molecular weight excluding hydrogens is 208 g/mol. The van der Waals surface area contributed by atoms with Crippen molar-refractivity contribution >= 4 is 0 Å². The zero-order chi connectivity index (χ0) is 11.6. The quantitative estimate of drug-likeness (QED) is 0.814. The normalized spacial score (nSPS) is 22.1. The van der Waals surface area contributed by atoms with Crippen LogP contribution in [0.4, 0.5) is 8.78 Å². The molecular formula is C13H17F2N. The van der Waals surface area contributed by atoms with Gasteiger partial charge in [0.1, 0.15) is 0 Å². The van der Waals surface area contributed by atoms with E-state index in [-0.39, 0.29) is 5.56 Å². The SMILES string of the molecule is CC(F)(F)c1ccc(C2CCCNC2)cc1. The fourth-order valence-electron chi connectivity index (χ4n) is 2.18. The van der Waals surface area contributed by atoms with Gasteiger partial charge in [-0.15, -0.1) is 0 Å². The van der Waals surface area contributed by atoms with Gasteiger partial charge in [-0.3, -0.25) is 0 Å². The van der Waals surface area contributed by atoms with E-state index in [9.17, 15) is 8.78 Å². The number of halogens is 2. The number of hydrogen-bond acceptors (Lipinski definition) is 1. The van der Waals surface area contributed by atoms with Gasteiger partial charge in [-0.25, -0.2) is 8.78 Å². The van der Waals surface area contributed by atoms with Crippen LogP contribution < -0.4 is 5.32 Å². The molecule has 1 nitrogen and oxygen atoms in total. The van der Waals surface area contributed by atoms with E-state index in [1.54, 1.807) is 12.1 Å². The summed E-state index contributed by atoms with van der Waals surface area (Å²) >= 11 is 0. The van der Waals surface area contributed by atoms with Gasteiger partial charge in [0.15, 0.2) is 0 Å². The second-order valence-corrected chi connectivity index (χ2v) is 4.55. The van der Waals surface area contributed by atoms with Crippen LogP contribution in [0.1, 0.15) is 36.8 Å². The molecule has 2 rings (SSSR count). The van der Waals surface area contributed by atoms with E-state index in [1.807, 2.05) is 12.1 Å². The van der Waals surface area contributed by atoms with Crippen molar-refractivity contribution in [3.63, 3.8) is 0 Å². The maximum Gasteiger partial charge on any atom is 0.270 e. The minimum Gasteiger partial charge on any atom is -0.316 e. The van der Waals surface area contributed by atoms with Gasteiger partial charge in [0.2, 0.25) is 0 Å². The number of hydrogen-bond donors (Lipinski definition) is 1. The van der Waals surface area contributed by atoms with Crippen molar-refractivity contribution in [3.05, 3.63) is 35.4 Å². The summed E-state index contributed by atoms with van der Waals surface area (Å²) in [6, 6.07) is 6.77. The number of benzene rings is 1. The molecule has 0 spiro atoms. The smallest absolute Gasteiger partial charge is 0.270 e. The Labute approximate surface area is 94.9 Å². The minimum atomic E-state index is -2.73. The molecule has 1 aliphatic rings. The highest BCUT2D eigenvalue weighted by atomic mass is 19.3. The number of alkyl halides is 2. The van der Waals surface area contributed by atoms with E-state index in [0.29, 0.717) is 5.92 Å². The molecule has 16 heavy (non-hydrogen) atoms. The van der Waals surface area contributed by atoms with Crippen LogP contribution in [0.25, 0.3) is 0 Å². The molecule has 1 N–H and O–H groups in total. The second-order valence-electron chi connectivity index (χ2n) is 4.55. The van der Waals surface area contributed by atoms with Crippen LogP contribution in [-0.2, 0) is 5.92 Å². The summed E-state index contributed by atoms with van der Waals surface area (Å²) in [4.78, 5) is 0. The molecule has 0 bridgehead atoms. The fourth-order valence-corrected chi connectivity index (χ4v) is 2.18. The van der Waals surface area contributed by atoms with Crippen molar-refractivity contribution in [1.82, 2.24) is 5.32 Å². The van der Waals surface area contributed by atoms with E-state index in [2.05, 4.69) is 5.32 Å². The van der Waals surface area contributed by atoms with Crippen LogP contribution in [0, 0.1) is 0 Å². The molecule has 1 fully saturated rings. The zero-order valence-electron chi connectivity index (χ0n) is 9.47. The first-order valence-corrected chi connectivity index (χ1v) is 5.76. The van der Waals surface area contributed by atoms with Crippen molar-refractivity contribution in [1.29, 1.82) is 0 Å². The van der Waals surface area contributed by atoms with Gasteiger partial charge in [0.05, 0.1) is 0 Å². The standard InChI is InChI=1S/C13H17F2N/c1-13(14,15)12-6-4-10(5-7-12)11-3-2-8-16-9-11/h4-7,11,16H,2-3,8-9H2,1H3. The summed E-state index contributed by atoms with van der Waals surface area (Å²) in [7, 11) is 0. The van der Waals surface area contributed by atoms with Crippen LogP contribution in [0.3, 0.4) is 0 Å². The predicted octanol–water partition coefficient (Wildman–Crippen LogP) is 3.27. The predicted molar refractivity (Wildman–Crippen MR) is 60.9 cm³/mol. The molecule has 0 saturated carbocycles. The molecule has 0 aromatic heterocycles. The molecule has 1 saturated heterocycles. The number of nitrogens with one attached hydrogen (secondary N) is 1. The monoisotopic (exact) mass is 225 g/mol. The maximum absolute atomic E-state index is 13.0. The molecule has 1 unspecified atom stereocenters. The molecule has 1 heterocycles. The lowest BCUT2D eigenvalue weighted by Crippen LogP contribution is -2.28. The Morgan fingerprint density at radius 3 is 2.44 bits per heavy atom. The Balaban J connectivity index is 2.12. The molecule has 88 valence electrons. The molecule has 1 aliphatic heterocycles. The first-order chi connectivity index (χ1) is 7.57. The fraction of sp³-hybridized carbons (Fsp3) is 0.538. The minimum absolute atomic E-state index is 0.0972. The second kappa shape index (κ2) is 4.50. The molecule has 1 aromatic carbocycles. The van der Waals surface area contributed by atoms with E-state index >= 15 is 0 Å². The average molecular weight is 225 g/mol. The third-order valence-corrected chi connectivity index (χ3v) is 3.19. The topological polar surface area (TPSA) is 12.0 Å². The summed E-state index contributed by atoms with van der Waals surface area (Å²) in [6.45, 7) is 2.97. The van der Waals surface area contributed by atoms with E-state index < -0.39 is 5.92 Å². The summed E-state index contributed by atoms with van der Waals surface area (Å²) in [5.74, 6) is -2.25. The number of rotatable bonds is 2. The van der Waals surface area contributed by atoms with Crippen LogP contribution >= 0.6 is 0 Å². The summed E-state index contributed by atoms with van der Waals surface area (Å²) in [5, 5.41) is 3.33. The summed E-state index contributed by atoms with van der Waals surface area (Å²) in [5.41, 5.74) is 1.26. The van der Waals surface area contributed by atoms with Crippen LogP contribution in [0.5, 0.6) is 0 Å². The van der Waals surface area contributed by atoms with Gasteiger partial charge in [-0.2, -0.15) is 0 Å². The zero-order valence-corrected chi connectivity index (χ0v) is 9.47. The molecule has 0 amide bonds. The van der Waals surface area contributed by atoms with E-state index in [4.69, 9.17) is 0 Å². The lowest BCUT2D eigenvalue weighted by molar-refractivity contribution is 0.0174. The molecule has 0 aliphatic carbocycles. The van der Waals surface area contributed by atoms with Crippen molar-refractivity contribution in [2.24, 2.45) is 0 Å². The van der Waals surface area contributed by atoms with E-state index in [0.717, 1.165) is 32.9 Å². The highest BCUT2D eigenvalue weighted by Gasteiger charge is 2.24. The maximum atomic E-state index is 13.0. The molecule has 3 heteroatoms. The van der Waals surface area contributed by atoms with Crippen molar-refractivity contribution < 1.29 is 8.78 Å². The molecule has 1 aromatic rings. The van der Waals surface area contributed by atoms with Crippen molar-refractivity contribution in [3.8, 4) is 0 Å². The lowest BCUT2D eigenvalue weighted by Gasteiger charge is -2.23. The van der Waals surface area contributed by atoms with Gasteiger partial charge >= 0.3 is 0 Å². The van der Waals surface area contributed by atoms with Crippen molar-refractivity contribution in [2.75, 3.05) is 13.1 Å². The first kappa shape index (κ1) is 11.5. The van der Waals surface area contributed by atoms with E-state index in [1.165, 1.54) is 5.56 Å². The van der Waals surface area contributed by atoms with Gasteiger partial charge in [-0.1, -0.05) is 24.3 Å². The third kappa shape index (κ3) is 2.59. The largest absolute Gasteiger partial charge is 0.316 e. The van der Waals surface area contributed by atoms with Crippen molar-refractivity contribution in [2.45, 2.75) is 31.6 Å². The van der Waals surface area contributed by atoms with Gasteiger partial charge in [0.25, 0.3) is 5.92 Å². The van der Waals surface area contributed by atoms with Gasteiger partial charge in [0, 0.05) is 19.0 Å². The Hall–Kier alpha value is -0.960. The summed E-state index contributed by atoms with van der Waals surface area (Å²) in [6.07, 6.45) is 2.31. The molecule has 0 radical (unpaired) electrons. The first-order valence-electron chi connectivity index (χ1n) is 5.76. The highest BCUT2D eigenvalue weighted by Crippen LogP contribution is 2.29. The Bertz CT molecular complexity index is 334. The lowest BCUT2D eigenvalue weighted by atomic mass is 9.91. The highest BCUT2D eigenvalue weighted by molar-refractivity contribution is 5.28. The Kier molecular flexibility index (Phi) is 3.24. The third-order valence-electron chi connectivity index (χ3n) is 3.19. The number of piperidine rings is 1. The van der Waals surface area contributed by atoms with Gasteiger partial charge in [-0.05, 0) is 30.9 Å². The van der Waals surface area contributed by atoms with Crippen LogP contribution in [0.15, 0.2) is 24.3 Å². The van der Waals surface area contributed by atoms with Gasteiger partial charge < -0.3 is 5.32 Å². The Morgan fingerprint density at radius 2 is 1.94 bits per heavy atom. The Morgan fingerprint density at radius 1 is 1.25 bits per heavy atom.